The highest BCUT2D eigenvalue weighted by molar-refractivity contribution is 9.10. The van der Waals surface area contributed by atoms with Crippen LogP contribution < -0.4 is 5.32 Å². The summed E-state index contributed by atoms with van der Waals surface area (Å²) in [5.41, 5.74) is 0.970. The number of carbonyl (C=O) groups excluding carboxylic acids is 1. The number of aryl methyl sites for hydroxylation is 1. The predicted octanol–water partition coefficient (Wildman–Crippen LogP) is 3.46. The van der Waals surface area contributed by atoms with Crippen LogP contribution in [0.3, 0.4) is 0 Å². The summed E-state index contributed by atoms with van der Waals surface area (Å²) in [6.45, 7) is 1.88. The Balaban J connectivity index is 1.67. The van der Waals surface area contributed by atoms with E-state index < -0.39 is 0 Å². The molecule has 122 valence electrons. The molecule has 3 aromatic rings. The van der Waals surface area contributed by atoms with Crippen molar-refractivity contribution in [1.82, 2.24) is 19.7 Å². The fourth-order valence-electron chi connectivity index (χ4n) is 2.07. The monoisotopic (exact) mass is 403 g/mol. The Bertz CT molecular complexity index is 835. The largest absolute Gasteiger partial charge is 0.310 e. The Morgan fingerprint density at radius 1 is 1.21 bits per heavy atom. The Hall–Kier alpha value is -2.19. The molecule has 2 heterocycles. The molecule has 1 aromatic carbocycles. The van der Waals surface area contributed by atoms with Crippen molar-refractivity contribution in [1.29, 1.82) is 0 Å². The number of nitrogens with zero attached hydrogens (tertiary/aromatic N) is 4. The summed E-state index contributed by atoms with van der Waals surface area (Å²) in [5.74, 6) is 1.38. The fraction of sp³-hybridized carbons (Fsp3) is 0.125. The number of aromatic nitrogens is 4. The second-order valence-corrected chi connectivity index (χ2v) is 6.76. The first kappa shape index (κ1) is 16.7. The summed E-state index contributed by atoms with van der Waals surface area (Å²) in [6.07, 6.45) is 1.64. The molecule has 0 aliphatic carbocycles. The number of rotatable bonds is 5. The molecule has 24 heavy (non-hydrogen) atoms. The molecular weight excluding hydrogens is 390 g/mol. The molecule has 0 radical (unpaired) electrons. The SMILES string of the molecule is Cc1nnc(SCC(=O)Nc2ccc(Br)cn2)n1-c1ccccc1. The van der Waals surface area contributed by atoms with Crippen LogP contribution in [0, 0.1) is 6.92 Å². The molecule has 0 aliphatic rings. The van der Waals surface area contributed by atoms with Gasteiger partial charge in [0.15, 0.2) is 5.16 Å². The lowest BCUT2D eigenvalue weighted by atomic mass is 10.3. The maximum Gasteiger partial charge on any atom is 0.236 e. The predicted molar refractivity (Wildman–Crippen MR) is 97.4 cm³/mol. The van der Waals surface area contributed by atoms with E-state index in [1.165, 1.54) is 11.8 Å². The molecule has 0 fully saturated rings. The standard InChI is InChI=1S/C16H14BrN5OS/c1-11-20-21-16(22(11)13-5-3-2-4-6-13)24-10-15(23)19-14-8-7-12(17)9-18-14/h2-9H,10H2,1H3,(H,18,19,23). The van der Waals surface area contributed by atoms with E-state index in [9.17, 15) is 4.79 Å². The molecule has 0 atom stereocenters. The summed E-state index contributed by atoms with van der Waals surface area (Å²) in [6, 6.07) is 13.4. The number of para-hydroxylation sites is 1. The van der Waals surface area contributed by atoms with Crippen LogP contribution in [-0.4, -0.2) is 31.4 Å². The molecule has 0 saturated heterocycles. The van der Waals surface area contributed by atoms with Gasteiger partial charge in [-0.25, -0.2) is 4.98 Å². The first-order chi connectivity index (χ1) is 11.6. The minimum Gasteiger partial charge on any atom is -0.310 e. The lowest BCUT2D eigenvalue weighted by molar-refractivity contribution is -0.113. The smallest absolute Gasteiger partial charge is 0.236 e. The number of pyridine rings is 1. The van der Waals surface area contributed by atoms with Gasteiger partial charge in [-0.2, -0.15) is 0 Å². The summed E-state index contributed by atoms with van der Waals surface area (Å²) in [7, 11) is 0. The van der Waals surface area contributed by atoms with Gasteiger partial charge in [0, 0.05) is 16.4 Å². The van der Waals surface area contributed by atoms with Gasteiger partial charge in [0.2, 0.25) is 5.91 Å². The zero-order valence-corrected chi connectivity index (χ0v) is 15.2. The minimum atomic E-state index is -0.143. The number of thioether (sulfide) groups is 1. The van der Waals surface area contributed by atoms with Gasteiger partial charge in [-0.3, -0.25) is 9.36 Å². The van der Waals surface area contributed by atoms with Crippen LogP contribution in [0.15, 0.2) is 58.3 Å². The van der Waals surface area contributed by atoms with Crippen LogP contribution in [-0.2, 0) is 4.79 Å². The molecule has 1 N–H and O–H groups in total. The first-order valence-electron chi connectivity index (χ1n) is 7.15. The van der Waals surface area contributed by atoms with Crippen molar-refractivity contribution in [2.45, 2.75) is 12.1 Å². The number of hydrogen-bond acceptors (Lipinski definition) is 5. The van der Waals surface area contributed by atoms with E-state index >= 15 is 0 Å². The van der Waals surface area contributed by atoms with Crippen LogP contribution in [0.1, 0.15) is 5.82 Å². The van der Waals surface area contributed by atoms with Crippen molar-refractivity contribution >= 4 is 39.4 Å². The molecular formula is C16H14BrN5OS. The summed E-state index contributed by atoms with van der Waals surface area (Å²) in [4.78, 5) is 16.2. The van der Waals surface area contributed by atoms with E-state index in [0.29, 0.717) is 11.0 Å². The maximum atomic E-state index is 12.1. The van der Waals surface area contributed by atoms with E-state index in [-0.39, 0.29) is 11.7 Å². The Kier molecular flexibility index (Phi) is 5.27. The highest BCUT2D eigenvalue weighted by atomic mass is 79.9. The maximum absolute atomic E-state index is 12.1. The van der Waals surface area contributed by atoms with Gasteiger partial charge in [0.05, 0.1) is 5.75 Å². The quantitative estimate of drug-likeness (QED) is 0.660. The van der Waals surface area contributed by atoms with E-state index in [2.05, 4.69) is 36.4 Å². The Labute approximate surface area is 151 Å². The average molecular weight is 404 g/mol. The van der Waals surface area contributed by atoms with Crippen LogP contribution in [0.5, 0.6) is 0 Å². The van der Waals surface area contributed by atoms with Crippen LogP contribution in [0.4, 0.5) is 5.82 Å². The molecule has 6 nitrogen and oxygen atoms in total. The van der Waals surface area contributed by atoms with Crippen molar-refractivity contribution in [3.8, 4) is 5.69 Å². The van der Waals surface area contributed by atoms with Gasteiger partial charge < -0.3 is 5.32 Å². The molecule has 0 saturated carbocycles. The van der Waals surface area contributed by atoms with Crippen LogP contribution >= 0.6 is 27.7 Å². The number of hydrogen-bond donors (Lipinski definition) is 1. The summed E-state index contributed by atoms with van der Waals surface area (Å²) in [5, 5.41) is 11.7. The van der Waals surface area contributed by atoms with E-state index in [4.69, 9.17) is 0 Å². The first-order valence-corrected chi connectivity index (χ1v) is 8.93. The van der Waals surface area contributed by atoms with Gasteiger partial charge >= 0.3 is 0 Å². The molecule has 0 bridgehead atoms. The molecule has 2 aromatic heterocycles. The van der Waals surface area contributed by atoms with Crippen molar-refractivity contribution in [2.75, 3.05) is 11.1 Å². The lowest BCUT2D eigenvalue weighted by Crippen LogP contribution is -2.15. The number of anilines is 1. The molecule has 0 aliphatic heterocycles. The van der Waals surface area contributed by atoms with Crippen LogP contribution in [0.25, 0.3) is 5.69 Å². The van der Waals surface area contributed by atoms with E-state index in [0.717, 1.165) is 16.0 Å². The number of benzene rings is 1. The lowest BCUT2D eigenvalue weighted by Gasteiger charge is -2.08. The molecule has 1 amide bonds. The van der Waals surface area contributed by atoms with E-state index in [1.807, 2.05) is 47.9 Å². The van der Waals surface area contributed by atoms with Gasteiger partial charge in [-0.15, -0.1) is 10.2 Å². The Morgan fingerprint density at radius 3 is 2.71 bits per heavy atom. The van der Waals surface area contributed by atoms with E-state index in [1.54, 1.807) is 12.3 Å². The summed E-state index contributed by atoms with van der Waals surface area (Å²) >= 11 is 4.64. The molecule has 0 spiro atoms. The van der Waals surface area contributed by atoms with Gasteiger partial charge in [0.1, 0.15) is 11.6 Å². The van der Waals surface area contributed by atoms with Crippen molar-refractivity contribution < 1.29 is 4.79 Å². The van der Waals surface area contributed by atoms with Gasteiger partial charge in [0.25, 0.3) is 0 Å². The fourth-order valence-corrected chi connectivity index (χ4v) is 3.10. The van der Waals surface area contributed by atoms with Crippen molar-refractivity contribution in [3.05, 3.63) is 59.0 Å². The number of amides is 1. The third-order valence-electron chi connectivity index (χ3n) is 3.14. The molecule has 3 rings (SSSR count). The number of carbonyl (C=O) groups is 1. The second kappa shape index (κ2) is 7.59. The second-order valence-electron chi connectivity index (χ2n) is 4.90. The van der Waals surface area contributed by atoms with Crippen molar-refractivity contribution in [3.63, 3.8) is 0 Å². The third kappa shape index (κ3) is 4.01. The number of halogens is 1. The number of nitrogens with one attached hydrogen (secondary N) is 1. The Morgan fingerprint density at radius 2 is 2.00 bits per heavy atom. The van der Waals surface area contributed by atoms with Gasteiger partial charge in [-0.1, -0.05) is 30.0 Å². The third-order valence-corrected chi connectivity index (χ3v) is 4.53. The zero-order valence-electron chi connectivity index (χ0n) is 12.8. The zero-order chi connectivity index (χ0) is 16.9. The summed E-state index contributed by atoms with van der Waals surface area (Å²) < 4.78 is 2.79. The van der Waals surface area contributed by atoms with Crippen molar-refractivity contribution in [2.24, 2.45) is 0 Å². The molecule has 0 unspecified atom stereocenters. The van der Waals surface area contributed by atoms with Crippen LogP contribution in [0.2, 0.25) is 0 Å². The topological polar surface area (TPSA) is 72.7 Å². The minimum absolute atomic E-state index is 0.143. The highest BCUT2D eigenvalue weighted by Gasteiger charge is 2.13. The normalized spacial score (nSPS) is 10.6. The average Bonchev–Trinajstić information content (AvgIpc) is 2.96. The molecule has 8 heteroatoms. The highest BCUT2D eigenvalue weighted by Crippen LogP contribution is 2.21. The van der Waals surface area contributed by atoms with Gasteiger partial charge in [-0.05, 0) is 47.1 Å².